The second-order valence-electron chi connectivity index (χ2n) is 4.86. The molecule has 0 aromatic carbocycles. The molecule has 1 aromatic heterocycles. The topological polar surface area (TPSA) is 86.4 Å². The lowest BCUT2D eigenvalue weighted by molar-refractivity contribution is 0.0123. The molecule has 0 radical (unpaired) electrons. The van der Waals surface area contributed by atoms with Crippen molar-refractivity contribution < 1.29 is 26.4 Å². The Kier molecular flexibility index (Phi) is 3.08. The van der Waals surface area contributed by atoms with Gasteiger partial charge in [0.2, 0.25) is 5.69 Å². The molecule has 0 bridgehead atoms. The molecule has 0 fully saturated rings. The second-order valence-corrected chi connectivity index (χ2v) is 6.85. The molecule has 2 heterocycles. The Morgan fingerprint density at radius 2 is 1.95 bits per heavy atom. The Bertz CT molecular complexity index is 681. The largest absolute Gasteiger partial charge is 0.399 e. The van der Waals surface area contributed by atoms with E-state index in [2.05, 4.69) is 15.4 Å². The first-order chi connectivity index (χ1) is 8.97. The maximum Gasteiger partial charge on any atom is 0.399 e. The van der Waals surface area contributed by atoms with Crippen LogP contribution in [0.1, 0.15) is 26.0 Å². The third kappa shape index (κ3) is 2.15. The highest BCUT2D eigenvalue weighted by molar-refractivity contribution is 8.06. The molecule has 0 saturated heterocycles. The van der Waals surface area contributed by atoms with E-state index in [-0.39, 0.29) is 6.42 Å². The second kappa shape index (κ2) is 4.17. The van der Waals surface area contributed by atoms with Gasteiger partial charge in [-0.25, -0.2) is 8.42 Å². The fourth-order valence-electron chi connectivity index (χ4n) is 1.58. The first kappa shape index (κ1) is 14.8. The van der Waals surface area contributed by atoms with Gasteiger partial charge in [0.1, 0.15) is 5.60 Å². The fraction of sp³-hybridized carbons (Fsp3) is 0.667. The van der Waals surface area contributed by atoms with Crippen LogP contribution in [0.3, 0.4) is 0 Å². The molecule has 1 aliphatic heterocycles. The van der Waals surface area contributed by atoms with Gasteiger partial charge >= 0.3 is 5.25 Å². The Balaban J connectivity index is 2.46. The number of alkyl halides is 2. The quantitative estimate of drug-likeness (QED) is 0.811. The van der Waals surface area contributed by atoms with Crippen molar-refractivity contribution >= 4 is 14.9 Å². The Labute approximate surface area is 112 Å². The highest BCUT2D eigenvalue weighted by Crippen LogP contribution is 2.38. The van der Waals surface area contributed by atoms with Crippen molar-refractivity contribution in [3.05, 3.63) is 11.6 Å². The summed E-state index contributed by atoms with van der Waals surface area (Å²) in [6, 6.07) is 0. The Hall–Kier alpha value is -1.65. The van der Waals surface area contributed by atoms with Crippen LogP contribution >= 0.6 is 0 Å². The van der Waals surface area contributed by atoms with Crippen LogP contribution in [-0.2, 0) is 27.0 Å². The summed E-state index contributed by atoms with van der Waals surface area (Å²) in [5.41, 5.74) is -2.58. The zero-order valence-corrected chi connectivity index (χ0v) is 11.6. The number of aryl methyl sites for hydroxylation is 1. The fourth-order valence-corrected chi connectivity index (χ4v) is 2.93. The van der Waals surface area contributed by atoms with Crippen molar-refractivity contribution in [3.8, 4) is 0 Å². The molecule has 0 N–H and O–H groups in total. The van der Waals surface area contributed by atoms with E-state index in [0.29, 0.717) is 4.80 Å². The van der Waals surface area contributed by atoms with Crippen molar-refractivity contribution in [2.24, 2.45) is 12.2 Å². The third-order valence-electron chi connectivity index (χ3n) is 2.57. The molecule has 1 aromatic rings. The van der Waals surface area contributed by atoms with E-state index < -0.39 is 37.4 Å². The van der Waals surface area contributed by atoms with Gasteiger partial charge in [-0.15, -0.1) is 10.2 Å². The summed E-state index contributed by atoms with van der Waals surface area (Å²) >= 11 is 0. The summed E-state index contributed by atoms with van der Waals surface area (Å²) < 4.78 is 65.1. The van der Waals surface area contributed by atoms with Gasteiger partial charge in [0.25, 0.3) is 15.8 Å². The van der Waals surface area contributed by atoms with Crippen molar-refractivity contribution in [2.45, 2.75) is 31.1 Å². The van der Waals surface area contributed by atoms with Gasteiger partial charge in [-0.05, 0) is 13.8 Å². The number of sulfone groups is 1. The molecule has 0 atom stereocenters. The summed E-state index contributed by atoms with van der Waals surface area (Å²) in [6.07, 6.45) is -0.340. The number of rotatable bonds is 2. The Morgan fingerprint density at radius 1 is 1.35 bits per heavy atom. The molecule has 11 heteroatoms. The normalized spacial score (nSPS) is 18.8. The molecule has 0 aliphatic carbocycles. The van der Waals surface area contributed by atoms with Crippen LogP contribution in [-0.4, -0.2) is 34.1 Å². The van der Waals surface area contributed by atoms with Gasteiger partial charge in [0.15, 0.2) is 5.04 Å². The van der Waals surface area contributed by atoms with Crippen LogP contribution in [0, 0.1) is 5.95 Å². The van der Waals surface area contributed by atoms with Crippen LogP contribution < -0.4 is 0 Å². The van der Waals surface area contributed by atoms with Crippen molar-refractivity contribution in [2.75, 3.05) is 0 Å². The van der Waals surface area contributed by atoms with E-state index in [0.717, 1.165) is 7.05 Å². The molecule has 0 spiro atoms. The minimum absolute atomic E-state index is 0.340. The number of nitrogens with zero attached hydrogens (tertiary/aromatic N) is 4. The van der Waals surface area contributed by atoms with Crippen LogP contribution in [0.5, 0.6) is 0 Å². The van der Waals surface area contributed by atoms with E-state index in [1.807, 2.05) is 0 Å². The summed E-state index contributed by atoms with van der Waals surface area (Å²) in [6.45, 7) is 2.97. The summed E-state index contributed by atoms with van der Waals surface area (Å²) in [5.74, 6) is -1.65. The predicted molar refractivity (Wildman–Crippen MR) is 61.0 cm³/mol. The van der Waals surface area contributed by atoms with Gasteiger partial charge < -0.3 is 4.84 Å². The van der Waals surface area contributed by atoms with Gasteiger partial charge in [-0.2, -0.15) is 18.0 Å². The number of hydrogen-bond donors (Lipinski definition) is 0. The molecule has 7 nitrogen and oxygen atoms in total. The van der Waals surface area contributed by atoms with Gasteiger partial charge in [-0.3, -0.25) is 0 Å². The average Bonchev–Trinajstić information content (AvgIpc) is 2.81. The molecular weight excluding hydrogens is 301 g/mol. The third-order valence-corrected chi connectivity index (χ3v) is 4.28. The molecule has 0 saturated carbocycles. The van der Waals surface area contributed by atoms with E-state index in [1.54, 1.807) is 0 Å². The maximum atomic E-state index is 14.0. The standard InChI is InChI=1S/C9H11F3N4O3S/c1-8(2)4-5(15-19-8)20(17,18)9(11,12)6-7(10)14-16(3)13-6/h4H2,1-3H3. The van der Waals surface area contributed by atoms with E-state index in [9.17, 15) is 21.6 Å². The maximum absolute atomic E-state index is 14.0. The molecule has 112 valence electrons. The van der Waals surface area contributed by atoms with Gasteiger partial charge in [0, 0.05) is 13.5 Å². The molecular formula is C9H11F3N4O3S. The highest BCUT2D eigenvalue weighted by Gasteiger charge is 2.56. The summed E-state index contributed by atoms with van der Waals surface area (Å²) in [5, 5.41) is 3.77. The highest BCUT2D eigenvalue weighted by atomic mass is 32.2. The minimum atomic E-state index is -5.24. The Morgan fingerprint density at radius 3 is 2.35 bits per heavy atom. The van der Waals surface area contributed by atoms with Crippen molar-refractivity contribution in [3.63, 3.8) is 0 Å². The summed E-state index contributed by atoms with van der Waals surface area (Å²) in [4.78, 5) is 5.27. The molecule has 2 rings (SSSR count). The lowest BCUT2D eigenvalue weighted by Crippen LogP contribution is -2.34. The van der Waals surface area contributed by atoms with Crippen molar-refractivity contribution in [1.29, 1.82) is 0 Å². The lowest BCUT2D eigenvalue weighted by Gasteiger charge is -2.15. The van der Waals surface area contributed by atoms with Crippen LogP contribution in [0.15, 0.2) is 5.16 Å². The van der Waals surface area contributed by atoms with Crippen LogP contribution in [0.4, 0.5) is 13.2 Å². The SMILES string of the molecule is Cn1nc(F)c(C(F)(F)S(=O)(=O)C2=NOC(C)(C)C2)n1. The lowest BCUT2D eigenvalue weighted by atomic mass is 10.1. The smallest absolute Gasteiger partial charge is 0.389 e. The zero-order chi connectivity index (χ0) is 15.3. The van der Waals surface area contributed by atoms with E-state index >= 15 is 0 Å². The number of hydrogen-bond acceptors (Lipinski definition) is 6. The van der Waals surface area contributed by atoms with Crippen molar-refractivity contribution in [1.82, 2.24) is 15.0 Å². The number of aromatic nitrogens is 3. The summed E-state index contributed by atoms with van der Waals surface area (Å²) in [7, 11) is -4.14. The van der Waals surface area contributed by atoms with Crippen LogP contribution in [0.2, 0.25) is 0 Å². The number of oxime groups is 1. The predicted octanol–water partition coefficient (Wildman–Crippen LogP) is 0.931. The van der Waals surface area contributed by atoms with E-state index in [4.69, 9.17) is 4.84 Å². The minimum Gasteiger partial charge on any atom is -0.389 e. The molecule has 1 aliphatic rings. The zero-order valence-electron chi connectivity index (χ0n) is 10.8. The first-order valence-electron chi connectivity index (χ1n) is 5.42. The first-order valence-corrected chi connectivity index (χ1v) is 6.90. The van der Waals surface area contributed by atoms with Gasteiger partial charge in [0.05, 0.1) is 0 Å². The monoisotopic (exact) mass is 312 g/mol. The number of halogens is 3. The molecule has 0 amide bonds. The van der Waals surface area contributed by atoms with Crippen LogP contribution in [0.25, 0.3) is 0 Å². The van der Waals surface area contributed by atoms with Gasteiger partial charge in [-0.1, -0.05) is 5.16 Å². The van der Waals surface area contributed by atoms with E-state index in [1.165, 1.54) is 13.8 Å². The molecule has 20 heavy (non-hydrogen) atoms. The average molecular weight is 312 g/mol. The molecule has 0 unspecified atom stereocenters.